The van der Waals surface area contributed by atoms with Gasteiger partial charge in [0.05, 0.1) is 6.61 Å². The molecule has 1 aliphatic heterocycles. The highest BCUT2D eigenvalue weighted by molar-refractivity contribution is 5.85. The predicted molar refractivity (Wildman–Crippen MR) is 47.8 cm³/mol. The van der Waals surface area contributed by atoms with Crippen LogP contribution in [0.25, 0.3) is 0 Å². The zero-order valence-electron chi connectivity index (χ0n) is 7.32. The van der Waals surface area contributed by atoms with Crippen LogP contribution in [0.5, 0.6) is 0 Å². The SMILES string of the molecule is Cc1noc([C@@H]2CNCCO2)n1.Cl. The molecule has 5 nitrogen and oxygen atoms in total. The number of rotatable bonds is 1. The Hall–Kier alpha value is -0.650. The summed E-state index contributed by atoms with van der Waals surface area (Å²) in [6, 6.07) is 0. The number of nitrogens with one attached hydrogen (secondary N) is 1. The molecule has 0 aromatic carbocycles. The van der Waals surface area contributed by atoms with Crippen LogP contribution in [0.15, 0.2) is 4.52 Å². The first-order chi connectivity index (χ1) is 5.86. The van der Waals surface area contributed by atoms with Gasteiger partial charge in [-0.15, -0.1) is 12.4 Å². The monoisotopic (exact) mass is 205 g/mol. The van der Waals surface area contributed by atoms with Crippen LogP contribution in [-0.2, 0) is 4.74 Å². The molecule has 0 unspecified atom stereocenters. The van der Waals surface area contributed by atoms with Crippen molar-refractivity contribution in [1.29, 1.82) is 0 Å². The van der Waals surface area contributed by atoms with Crippen molar-refractivity contribution in [3.05, 3.63) is 11.7 Å². The van der Waals surface area contributed by atoms with Crippen molar-refractivity contribution in [2.45, 2.75) is 13.0 Å². The molecule has 1 aromatic rings. The van der Waals surface area contributed by atoms with Gasteiger partial charge in [-0.1, -0.05) is 5.16 Å². The van der Waals surface area contributed by atoms with Crippen LogP contribution < -0.4 is 5.32 Å². The maximum Gasteiger partial charge on any atom is 0.257 e. The van der Waals surface area contributed by atoms with Gasteiger partial charge in [-0.25, -0.2) is 0 Å². The minimum Gasteiger partial charge on any atom is -0.366 e. The Morgan fingerprint density at radius 2 is 2.38 bits per heavy atom. The summed E-state index contributed by atoms with van der Waals surface area (Å²) in [6.45, 7) is 4.14. The van der Waals surface area contributed by atoms with Crippen molar-refractivity contribution in [3.8, 4) is 0 Å². The summed E-state index contributed by atoms with van der Waals surface area (Å²) in [5.74, 6) is 1.22. The zero-order valence-corrected chi connectivity index (χ0v) is 8.13. The summed E-state index contributed by atoms with van der Waals surface area (Å²) in [5, 5.41) is 6.89. The van der Waals surface area contributed by atoms with Gasteiger partial charge in [0, 0.05) is 13.1 Å². The van der Waals surface area contributed by atoms with Crippen molar-refractivity contribution in [3.63, 3.8) is 0 Å². The number of aromatic nitrogens is 2. The molecule has 1 atom stereocenters. The van der Waals surface area contributed by atoms with Crippen LogP contribution in [0.2, 0.25) is 0 Å². The molecule has 0 amide bonds. The normalized spacial score (nSPS) is 22.4. The van der Waals surface area contributed by atoms with Gasteiger partial charge in [0.15, 0.2) is 5.82 Å². The molecule has 2 heterocycles. The molecule has 0 spiro atoms. The number of hydrogen-bond acceptors (Lipinski definition) is 5. The highest BCUT2D eigenvalue weighted by Gasteiger charge is 2.20. The molecular formula is C7H12ClN3O2. The minimum absolute atomic E-state index is 0. The highest BCUT2D eigenvalue weighted by Crippen LogP contribution is 2.15. The molecule has 2 rings (SSSR count). The van der Waals surface area contributed by atoms with E-state index >= 15 is 0 Å². The second-order valence-corrected chi connectivity index (χ2v) is 2.74. The van der Waals surface area contributed by atoms with Crippen LogP contribution in [0.3, 0.4) is 0 Å². The molecule has 6 heteroatoms. The number of aryl methyl sites for hydroxylation is 1. The van der Waals surface area contributed by atoms with Gasteiger partial charge in [-0.2, -0.15) is 4.98 Å². The molecule has 74 valence electrons. The minimum atomic E-state index is -0.0695. The second kappa shape index (κ2) is 4.55. The van der Waals surface area contributed by atoms with Gasteiger partial charge in [-0.3, -0.25) is 0 Å². The Morgan fingerprint density at radius 3 is 2.92 bits per heavy atom. The fourth-order valence-corrected chi connectivity index (χ4v) is 1.17. The predicted octanol–water partition coefficient (Wildman–Crippen LogP) is 0.461. The number of hydrogen-bond donors (Lipinski definition) is 1. The summed E-state index contributed by atoms with van der Waals surface area (Å²) in [6.07, 6.45) is -0.0695. The van der Waals surface area contributed by atoms with E-state index in [1.807, 2.05) is 0 Å². The van der Waals surface area contributed by atoms with Crippen molar-refractivity contribution < 1.29 is 9.26 Å². The molecule has 1 N–H and O–H groups in total. The van der Waals surface area contributed by atoms with Crippen LogP contribution in [0, 0.1) is 6.92 Å². The topological polar surface area (TPSA) is 60.2 Å². The summed E-state index contributed by atoms with van der Waals surface area (Å²) < 4.78 is 10.4. The number of nitrogens with zero attached hydrogens (tertiary/aromatic N) is 2. The first kappa shape index (κ1) is 10.4. The third-order valence-corrected chi connectivity index (χ3v) is 1.75. The number of halogens is 1. The standard InChI is InChI=1S/C7H11N3O2.ClH/c1-5-9-7(12-10-5)6-4-8-2-3-11-6;/h6,8H,2-4H2,1H3;1H/t6-;/m0./s1. The molecule has 0 aliphatic carbocycles. The highest BCUT2D eigenvalue weighted by atomic mass is 35.5. The van der Waals surface area contributed by atoms with E-state index in [9.17, 15) is 0 Å². The van der Waals surface area contributed by atoms with Gasteiger partial charge in [0.2, 0.25) is 0 Å². The van der Waals surface area contributed by atoms with Gasteiger partial charge in [0.25, 0.3) is 5.89 Å². The summed E-state index contributed by atoms with van der Waals surface area (Å²) in [4.78, 5) is 4.09. The van der Waals surface area contributed by atoms with Crippen molar-refractivity contribution in [1.82, 2.24) is 15.5 Å². The average Bonchev–Trinajstić information content (AvgIpc) is 2.54. The molecule has 0 bridgehead atoms. The third-order valence-electron chi connectivity index (χ3n) is 1.75. The van der Waals surface area contributed by atoms with Gasteiger partial charge in [-0.05, 0) is 6.92 Å². The van der Waals surface area contributed by atoms with E-state index < -0.39 is 0 Å². The molecular weight excluding hydrogens is 194 g/mol. The van der Waals surface area contributed by atoms with E-state index in [2.05, 4.69) is 15.5 Å². The van der Waals surface area contributed by atoms with E-state index in [1.165, 1.54) is 0 Å². The number of morpholine rings is 1. The zero-order chi connectivity index (χ0) is 8.39. The molecule has 1 saturated heterocycles. The summed E-state index contributed by atoms with van der Waals surface area (Å²) in [5.41, 5.74) is 0. The molecule has 13 heavy (non-hydrogen) atoms. The molecule has 1 aromatic heterocycles. The fourth-order valence-electron chi connectivity index (χ4n) is 1.17. The van der Waals surface area contributed by atoms with E-state index in [1.54, 1.807) is 6.92 Å². The lowest BCUT2D eigenvalue weighted by Crippen LogP contribution is -2.33. The van der Waals surface area contributed by atoms with Crippen molar-refractivity contribution in [2.24, 2.45) is 0 Å². The maximum atomic E-state index is 5.42. The first-order valence-electron chi connectivity index (χ1n) is 3.99. The molecule has 1 fully saturated rings. The van der Waals surface area contributed by atoms with Crippen molar-refractivity contribution >= 4 is 12.4 Å². The van der Waals surface area contributed by atoms with Crippen LogP contribution in [0.1, 0.15) is 17.8 Å². The van der Waals surface area contributed by atoms with Crippen LogP contribution in [0.4, 0.5) is 0 Å². The lowest BCUT2D eigenvalue weighted by molar-refractivity contribution is 0.00755. The van der Waals surface area contributed by atoms with Gasteiger partial charge >= 0.3 is 0 Å². The van der Waals surface area contributed by atoms with E-state index in [4.69, 9.17) is 9.26 Å². The average molecular weight is 206 g/mol. The fraction of sp³-hybridized carbons (Fsp3) is 0.714. The Bertz CT molecular complexity index is 260. The summed E-state index contributed by atoms with van der Waals surface area (Å²) in [7, 11) is 0. The smallest absolute Gasteiger partial charge is 0.257 e. The van der Waals surface area contributed by atoms with E-state index in [-0.39, 0.29) is 18.5 Å². The van der Waals surface area contributed by atoms with Gasteiger partial charge in [0.1, 0.15) is 6.10 Å². The number of ether oxygens (including phenoxy) is 1. The second-order valence-electron chi connectivity index (χ2n) is 2.74. The van der Waals surface area contributed by atoms with Gasteiger partial charge < -0.3 is 14.6 Å². The Balaban J connectivity index is 0.000000845. The summed E-state index contributed by atoms with van der Waals surface area (Å²) >= 11 is 0. The van der Waals surface area contributed by atoms with Crippen LogP contribution in [-0.4, -0.2) is 29.8 Å². The van der Waals surface area contributed by atoms with E-state index in [0.717, 1.165) is 13.1 Å². The maximum absolute atomic E-state index is 5.42. The van der Waals surface area contributed by atoms with E-state index in [0.29, 0.717) is 18.3 Å². The van der Waals surface area contributed by atoms with Crippen molar-refractivity contribution in [2.75, 3.05) is 19.7 Å². The molecule has 0 radical (unpaired) electrons. The Labute approximate surface area is 82.3 Å². The lowest BCUT2D eigenvalue weighted by Gasteiger charge is -2.19. The lowest BCUT2D eigenvalue weighted by atomic mass is 10.3. The third kappa shape index (κ3) is 2.40. The Kier molecular flexibility index (Phi) is 3.65. The first-order valence-corrected chi connectivity index (χ1v) is 3.99. The largest absolute Gasteiger partial charge is 0.366 e. The molecule has 0 saturated carbocycles. The Morgan fingerprint density at radius 1 is 1.54 bits per heavy atom. The quantitative estimate of drug-likeness (QED) is 0.722. The van der Waals surface area contributed by atoms with Crippen LogP contribution >= 0.6 is 12.4 Å². The molecule has 1 aliphatic rings.